The summed E-state index contributed by atoms with van der Waals surface area (Å²) in [4.78, 5) is 2.98. The van der Waals surface area contributed by atoms with E-state index in [1.807, 2.05) is 47.0 Å². The molecule has 0 aromatic heterocycles. The summed E-state index contributed by atoms with van der Waals surface area (Å²) < 4.78 is 8.35. The van der Waals surface area contributed by atoms with Crippen molar-refractivity contribution >= 4 is 47.0 Å². The van der Waals surface area contributed by atoms with E-state index in [2.05, 4.69) is 10.8 Å². The summed E-state index contributed by atoms with van der Waals surface area (Å²) in [5.41, 5.74) is 0. The number of thioether (sulfide) groups is 4. The Labute approximate surface area is 100 Å². The normalized spacial score (nSPS) is 26.3. The minimum absolute atomic E-state index is 0.826. The molecule has 3 rings (SSSR count). The maximum Gasteiger partial charge on any atom is 0.0787 e. The van der Waals surface area contributed by atoms with E-state index < -0.39 is 0 Å². The molecule has 0 bridgehead atoms. The van der Waals surface area contributed by atoms with E-state index in [-0.39, 0.29) is 0 Å². The zero-order valence-corrected chi connectivity index (χ0v) is 10.6. The third-order valence-electron chi connectivity index (χ3n) is 2.02. The highest BCUT2D eigenvalue weighted by Crippen LogP contribution is 2.57. The zero-order chi connectivity index (χ0) is 9.38. The van der Waals surface area contributed by atoms with E-state index in [0.717, 1.165) is 19.6 Å². The van der Waals surface area contributed by atoms with Crippen LogP contribution in [-0.4, -0.2) is 13.2 Å². The minimum atomic E-state index is 0.826. The second kappa shape index (κ2) is 4.22. The maximum absolute atomic E-state index is 5.45. The Bertz CT molecular complexity index is 326. The predicted octanol–water partition coefficient (Wildman–Crippen LogP) is 4.18. The lowest BCUT2D eigenvalue weighted by Crippen LogP contribution is -2.04. The molecule has 0 aromatic rings. The van der Waals surface area contributed by atoms with Gasteiger partial charge in [0.15, 0.2) is 0 Å². The van der Waals surface area contributed by atoms with E-state index >= 15 is 0 Å². The van der Waals surface area contributed by atoms with Gasteiger partial charge in [0.2, 0.25) is 0 Å². The Hall–Kier alpha value is 0.580. The molecule has 0 radical (unpaired) electrons. The SMILES string of the molecule is C1=CSC(=C2SC3=C(COCC3)S2)S1. The third kappa shape index (κ3) is 1.80. The molecular weight excluding hydrogens is 252 g/mol. The van der Waals surface area contributed by atoms with Crippen molar-refractivity contribution in [1.29, 1.82) is 0 Å². The smallest absolute Gasteiger partial charge is 0.0787 e. The van der Waals surface area contributed by atoms with Crippen LogP contribution in [0.2, 0.25) is 0 Å². The molecule has 74 valence electrons. The highest BCUT2D eigenvalue weighted by molar-refractivity contribution is 8.33. The fourth-order valence-electron chi connectivity index (χ4n) is 1.38. The van der Waals surface area contributed by atoms with Crippen LogP contribution in [0.4, 0.5) is 0 Å². The van der Waals surface area contributed by atoms with Crippen LogP contribution in [0.3, 0.4) is 0 Å². The van der Waals surface area contributed by atoms with Gasteiger partial charge in [0.05, 0.1) is 21.7 Å². The monoisotopic (exact) mass is 260 g/mol. The fraction of sp³-hybridized carbons (Fsp3) is 0.333. The lowest BCUT2D eigenvalue weighted by atomic mass is 10.3. The predicted molar refractivity (Wildman–Crippen MR) is 69.0 cm³/mol. The molecule has 3 aliphatic heterocycles. The quantitative estimate of drug-likeness (QED) is 0.644. The standard InChI is InChI=1S/C9H8OS4/c1-2-10-5-7-6(1)13-9(14-7)8-11-3-4-12-8/h3-4H,1-2,5H2. The first-order valence-electron chi connectivity index (χ1n) is 4.31. The lowest BCUT2D eigenvalue weighted by molar-refractivity contribution is 0.155. The Morgan fingerprint density at radius 2 is 1.79 bits per heavy atom. The van der Waals surface area contributed by atoms with Gasteiger partial charge in [-0.15, -0.1) is 0 Å². The van der Waals surface area contributed by atoms with Crippen molar-refractivity contribution in [3.63, 3.8) is 0 Å². The molecule has 0 saturated heterocycles. The first-order chi connectivity index (χ1) is 6.93. The van der Waals surface area contributed by atoms with Gasteiger partial charge in [0.25, 0.3) is 0 Å². The van der Waals surface area contributed by atoms with Gasteiger partial charge < -0.3 is 4.74 Å². The van der Waals surface area contributed by atoms with Crippen LogP contribution in [0.15, 0.2) is 29.1 Å². The largest absolute Gasteiger partial charge is 0.376 e. The average Bonchev–Trinajstić information content (AvgIpc) is 2.86. The molecule has 3 aliphatic rings. The number of hydrogen-bond donors (Lipinski definition) is 0. The Kier molecular flexibility index (Phi) is 2.94. The van der Waals surface area contributed by atoms with E-state index in [4.69, 9.17) is 4.74 Å². The minimum Gasteiger partial charge on any atom is -0.376 e. The second-order valence-electron chi connectivity index (χ2n) is 2.94. The number of ether oxygens (including phenoxy) is 1. The Balaban J connectivity index is 1.81. The van der Waals surface area contributed by atoms with Crippen LogP contribution in [0.1, 0.15) is 6.42 Å². The van der Waals surface area contributed by atoms with Gasteiger partial charge in [0, 0.05) is 16.2 Å². The van der Waals surface area contributed by atoms with E-state index in [1.54, 1.807) is 0 Å². The third-order valence-corrected chi connectivity index (χ3v) is 7.38. The molecule has 0 aromatic carbocycles. The maximum atomic E-state index is 5.45. The highest BCUT2D eigenvalue weighted by atomic mass is 32.2. The molecule has 0 aliphatic carbocycles. The molecule has 0 amide bonds. The van der Waals surface area contributed by atoms with Crippen molar-refractivity contribution in [2.75, 3.05) is 13.2 Å². The molecule has 3 heterocycles. The van der Waals surface area contributed by atoms with Gasteiger partial charge in [-0.3, -0.25) is 0 Å². The van der Waals surface area contributed by atoms with Gasteiger partial charge in [-0.2, -0.15) is 0 Å². The Morgan fingerprint density at radius 1 is 1.00 bits per heavy atom. The number of rotatable bonds is 0. The fourth-order valence-corrected chi connectivity index (χ4v) is 6.24. The van der Waals surface area contributed by atoms with Crippen LogP contribution in [0, 0.1) is 0 Å². The van der Waals surface area contributed by atoms with Crippen molar-refractivity contribution in [3.8, 4) is 0 Å². The van der Waals surface area contributed by atoms with Crippen molar-refractivity contribution in [3.05, 3.63) is 29.1 Å². The summed E-state index contributed by atoms with van der Waals surface area (Å²) >= 11 is 7.54. The Morgan fingerprint density at radius 3 is 2.57 bits per heavy atom. The molecule has 5 heteroatoms. The topological polar surface area (TPSA) is 9.23 Å². The molecule has 0 fully saturated rings. The summed E-state index contributed by atoms with van der Waals surface area (Å²) in [7, 11) is 0. The molecule has 0 unspecified atom stereocenters. The summed E-state index contributed by atoms with van der Waals surface area (Å²) in [6.07, 6.45) is 1.10. The van der Waals surface area contributed by atoms with Crippen LogP contribution in [0.25, 0.3) is 0 Å². The van der Waals surface area contributed by atoms with Gasteiger partial charge in [-0.1, -0.05) is 47.0 Å². The van der Waals surface area contributed by atoms with Crippen LogP contribution < -0.4 is 0 Å². The number of hydrogen-bond acceptors (Lipinski definition) is 5. The van der Waals surface area contributed by atoms with E-state index in [9.17, 15) is 0 Å². The van der Waals surface area contributed by atoms with Crippen molar-refractivity contribution in [2.24, 2.45) is 0 Å². The molecule has 0 atom stereocenters. The molecule has 0 N–H and O–H groups in total. The van der Waals surface area contributed by atoms with Gasteiger partial charge in [-0.25, -0.2) is 0 Å². The molecule has 0 saturated carbocycles. The first-order valence-corrected chi connectivity index (χ1v) is 7.71. The zero-order valence-electron chi connectivity index (χ0n) is 7.32. The second-order valence-corrected chi connectivity index (χ2v) is 7.50. The molecule has 1 nitrogen and oxygen atoms in total. The van der Waals surface area contributed by atoms with Gasteiger partial charge in [0.1, 0.15) is 0 Å². The highest BCUT2D eigenvalue weighted by Gasteiger charge is 2.26. The average molecular weight is 260 g/mol. The molecule has 14 heavy (non-hydrogen) atoms. The van der Waals surface area contributed by atoms with Crippen LogP contribution >= 0.6 is 47.0 Å². The summed E-state index contributed by atoms with van der Waals surface area (Å²) in [5.74, 6) is 0. The van der Waals surface area contributed by atoms with Crippen LogP contribution in [-0.2, 0) is 4.74 Å². The lowest BCUT2D eigenvalue weighted by Gasteiger charge is -2.11. The van der Waals surface area contributed by atoms with E-state index in [0.29, 0.717) is 0 Å². The van der Waals surface area contributed by atoms with E-state index in [1.165, 1.54) is 18.3 Å². The van der Waals surface area contributed by atoms with Crippen molar-refractivity contribution in [1.82, 2.24) is 0 Å². The van der Waals surface area contributed by atoms with Crippen molar-refractivity contribution < 1.29 is 4.74 Å². The first kappa shape index (κ1) is 9.78. The summed E-state index contributed by atoms with van der Waals surface area (Å²) in [6, 6.07) is 0. The van der Waals surface area contributed by atoms with Gasteiger partial charge >= 0.3 is 0 Å². The molecule has 0 spiro atoms. The summed E-state index contributed by atoms with van der Waals surface area (Å²) in [6.45, 7) is 1.72. The summed E-state index contributed by atoms with van der Waals surface area (Å²) in [5, 5.41) is 4.31. The van der Waals surface area contributed by atoms with Crippen LogP contribution in [0.5, 0.6) is 0 Å². The van der Waals surface area contributed by atoms with Crippen molar-refractivity contribution in [2.45, 2.75) is 6.42 Å². The van der Waals surface area contributed by atoms with Gasteiger partial charge in [-0.05, 0) is 10.8 Å². The molecular formula is C9H8OS4.